The zero-order valence-corrected chi connectivity index (χ0v) is 18.3. The van der Waals surface area contributed by atoms with Gasteiger partial charge in [0, 0.05) is 18.2 Å². The largest absolute Gasteiger partial charge is 0.497 e. The van der Waals surface area contributed by atoms with Gasteiger partial charge in [0.05, 0.1) is 20.9 Å². The zero-order chi connectivity index (χ0) is 21.3. The molecule has 2 heterocycles. The van der Waals surface area contributed by atoms with Crippen molar-refractivity contribution in [3.8, 4) is 11.5 Å². The maximum atomic E-state index is 13.3. The lowest BCUT2D eigenvalue weighted by Crippen LogP contribution is -2.50. The van der Waals surface area contributed by atoms with E-state index in [9.17, 15) is 9.59 Å². The Hall–Kier alpha value is -2.28. The van der Waals surface area contributed by atoms with Crippen LogP contribution in [0.1, 0.15) is 63.5 Å². The van der Waals surface area contributed by atoms with Crippen molar-refractivity contribution in [2.75, 3.05) is 27.4 Å². The van der Waals surface area contributed by atoms with Gasteiger partial charge in [-0.25, -0.2) is 9.69 Å². The van der Waals surface area contributed by atoms with E-state index in [-0.39, 0.29) is 18.0 Å². The van der Waals surface area contributed by atoms with Crippen LogP contribution in [0, 0.1) is 5.92 Å². The fourth-order valence-electron chi connectivity index (χ4n) is 5.35. The Bertz CT molecular complexity index is 804. The summed E-state index contributed by atoms with van der Waals surface area (Å²) in [5, 5.41) is 3.05. The first kappa shape index (κ1) is 21.0. The molecule has 7 nitrogen and oxygen atoms in total. The number of urea groups is 1. The van der Waals surface area contributed by atoms with Gasteiger partial charge in [0.2, 0.25) is 0 Å². The molecule has 2 saturated heterocycles. The zero-order valence-electron chi connectivity index (χ0n) is 18.3. The van der Waals surface area contributed by atoms with Crippen molar-refractivity contribution in [1.29, 1.82) is 0 Å². The molecule has 0 aromatic heterocycles. The lowest BCUT2D eigenvalue weighted by Gasteiger charge is -2.35. The molecule has 1 spiro atoms. The molecule has 0 bridgehead atoms. The first-order valence-electron chi connectivity index (χ1n) is 11.1. The molecule has 1 saturated carbocycles. The molecule has 1 aliphatic carbocycles. The highest BCUT2D eigenvalue weighted by Crippen LogP contribution is 2.41. The van der Waals surface area contributed by atoms with E-state index in [0.29, 0.717) is 12.6 Å². The van der Waals surface area contributed by atoms with Gasteiger partial charge in [-0.3, -0.25) is 9.69 Å². The van der Waals surface area contributed by atoms with E-state index in [2.05, 4.69) is 17.1 Å². The number of carbonyl (C=O) groups is 2. The van der Waals surface area contributed by atoms with Gasteiger partial charge in [-0.2, -0.15) is 0 Å². The van der Waals surface area contributed by atoms with E-state index >= 15 is 0 Å². The lowest BCUT2D eigenvalue weighted by atomic mass is 9.75. The summed E-state index contributed by atoms with van der Waals surface area (Å²) in [6.45, 7) is 3.35. The van der Waals surface area contributed by atoms with E-state index in [1.54, 1.807) is 14.2 Å². The highest BCUT2D eigenvalue weighted by molar-refractivity contribution is 6.07. The van der Waals surface area contributed by atoms with Gasteiger partial charge < -0.3 is 14.8 Å². The van der Waals surface area contributed by atoms with Gasteiger partial charge in [-0.15, -0.1) is 0 Å². The quantitative estimate of drug-likeness (QED) is 0.718. The summed E-state index contributed by atoms with van der Waals surface area (Å²) in [6.07, 6.45) is 6.61. The third kappa shape index (κ3) is 3.64. The van der Waals surface area contributed by atoms with Gasteiger partial charge in [0.15, 0.2) is 0 Å². The van der Waals surface area contributed by atoms with E-state index < -0.39 is 5.54 Å². The highest BCUT2D eigenvalue weighted by Gasteiger charge is 2.52. The van der Waals surface area contributed by atoms with Crippen molar-refractivity contribution in [2.45, 2.75) is 63.5 Å². The summed E-state index contributed by atoms with van der Waals surface area (Å²) >= 11 is 0. The number of hydrogen-bond acceptors (Lipinski definition) is 5. The molecule has 2 aliphatic heterocycles. The van der Waals surface area contributed by atoms with Crippen LogP contribution >= 0.6 is 0 Å². The number of ether oxygens (including phenoxy) is 2. The Balaban J connectivity index is 1.51. The van der Waals surface area contributed by atoms with Crippen LogP contribution in [0.15, 0.2) is 18.2 Å². The Morgan fingerprint density at radius 2 is 1.90 bits per heavy atom. The third-order valence-corrected chi connectivity index (χ3v) is 7.26. The predicted octanol–water partition coefficient (Wildman–Crippen LogP) is 3.69. The molecule has 0 radical (unpaired) electrons. The number of hydrogen-bond donors (Lipinski definition) is 1. The maximum absolute atomic E-state index is 13.3. The van der Waals surface area contributed by atoms with Crippen LogP contribution < -0.4 is 14.8 Å². The molecule has 164 valence electrons. The molecule has 0 unspecified atom stereocenters. The normalized spacial score (nSPS) is 29.5. The minimum atomic E-state index is -0.689. The number of carbonyl (C=O) groups excluding carboxylic acids is 2. The number of rotatable bonds is 6. The molecule has 30 heavy (non-hydrogen) atoms. The number of likely N-dealkylation sites (tertiary alicyclic amines) is 1. The van der Waals surface area contributed by atoms with E-state index in [4.69, 9.17) is 9.47 Å². The first-order chi connectivity index (χ1) is 14.5. The van der Waals surface area contributed by atoms with Gasteiger partial charge in [-0.1, -0.05) is 13.3 Å². The highest BCUT2D eigenvalue weighted by atomic mass is 16.5. The summed E-state index contributed by atoms with van der Waals surface area (Å²) in [4.78, 5) is 29.7. The van der Waals surface area contributed by atoms with E-state index in [1.807, 2.05) is 18.2 Å². The molecule has 4 rings (SSSR count). The molecule has 1 aromatic carbocycles. The minimum Gasteiger partial charge on any atom is -0.497 e. The van der Waals surface area contributed by atoms with Crippen molar-refractivity contribution < 1.29 is 19.1 Å². The minimum absolute atomic E-state index is 0.0506. The van der Waals surface area contributed by atoms with E-state index in [1.165, 1.54) is 4.90 Å². The van der Waals surface area contributed by atoms with Gasteiger partial charge in [0.25, 0.3) is 5.91 Å². The second-order valence-corrected chi connectivity index (χ2v) is 8.82. The number of nitrogens with zero attached hydrogens (tertiary/aromatic N) is 2. The number of imide groups is 1. The summed E-state index contributed by atoms with van der Waals surface area (Å²) in [5.41, 5.74) is 0.352. The summed E-state index contributed by atoms with van der Waals surface area (Å²) in [6, 6.07) is 5.64. The van der Waals surface area contributed by atoms with Crippen LogP contribution in [-0.4, -0.2) is 54.7 Å². The van der Waals surface area contributed by atoms with Crippen molar-refractivity contribution in [1.82, 2.24) is 15.1 Å². The maximum Gasteiger partial charge on any atom is 0.326 e. The predicted molar refractivity (Wildman–Crippen MR) is 113 cm³/mol. The van der Waals surface area contributed by atoms with Crippen LogP contribution in [0.3, 0.4) is 0 Å². The Labute approximate surface area is 178 Å². The third-order valence-electron chi connectivity index (χ3n) is 7.26. The van der Waals surface area contributed by atoms with E-state index in [0.717, 1.165) is 68.6 Å². The lowest BCUT2D eigenvalue weighted by molar-refractivity contribution is -0.134. The summed E-state index contributed by atoms with van der Waals surface area (Å²) in [5.74, 6) is 2.20. The Morgan fingerprint density at radius 1 is 1.13 bits per heavy atom. The monoisotopic (exact) mass is 415 g/mol. The number of methoxy groups -OCH3 is 2. The number of nitrogens with one attached hydrogen (secondary N) is 1. The average Bonchev–Trinajstić information content (AvgIpc) is 3.32. The van der Waals surface area contributed by atoms with Crippen molar-refractivity contribution in [2.24, 2.45) is 5.92 Å². The van der Waals surface area contributed by atoms with Crippen LogP contribution in [0.25, 0.3) is 0 Å². The first-order valence-corrected chi connectivity index (χ1v) is 11.1. The van der Waals surface area contributed by atoms with Crippen LogP contribution in [0.2, 0.25) is 0 Å². The van der Waals surface area contributed by atoms with Crippen molar-refractivity contribution in [3.63, 3.8) is 0 Å². The molecular weight excluding hydrogens is 382 g/mol. The molecule has 1 aromatic rings. The second kappa shape index (κ2) is 8.46. The molecule has 1 atom stereocenters. The van der Waals surface area contributed by atoms with Crippen LogP contribution in [0.5, 0.6) is 11.5 Å². The molecular formula is C23H33N3O4. The Kier molecular flexibility index (Phi) is 5.91. The SMILES string of the molecule is CCC1CCC2(CC1)NC(=O)N(CN1CCC[C@H]1c1cc(OC)ccc1OC)C2=O. The standard InChI is InChI=1S/C23H33N3O4/c1-4-16-9-11-23(12-10-16)21(27)26(22(28)24-23)15-25-13-5-6-19(25)18-14-17(29-2)7-8-20(18)30-3/h7-8,14,16,19H,4-6,9-13,15H2,1-3H3,(H,24,28)/t16?,19-,23?/m0/s1. The fourth-order valence-corrected chi connectivity index (χ4v) is 5.35. The second-order valence-electron chi connectivity index (χ2n) is 8.82. The molecule has 3 amide bonds. The van der Waals surface area contributed by atoms with Gasteiger partial charge in [-0.05, 0) is 62.6 Å². The summed E-state index contributed by atoms with van der Waals surface area (Å²) < 4.78 is 11.0. The van der Waals surface area contributed by atoms with Crippen molar-refractivity contribution in [3.05, 3.63) is 23.8 Å². The fraction of sp³-hybridized carbons (Fsp3) is 0.652. The number of benzene rings is 1. The number of amides is 3. The average molecular weight is 416 g/mol. The van der Waals surface area contributed by atoms with Crippen molar-refractivity contribution >= 4 is 11.9 Å². The van der Waals surface area contributed by atoms with Gasteiger partial charge in [0.1, 0.15) is 17.0 Å². The molecule has 3 aliphatic rings. The smallest absolute Gasteiger partial charge is 0.326 e. The van der Waals surface area contributed by atoms with Crippen LogP contribution in [-0.2, 0) is 4.79 Å². The molecule has 1 N–H and O–H groups in total. The molecule has 7 heteroatoms. The molecule has 3 fully saturated rings. The van der Waals surface area contributed by atoms with Gasteiger partial charge >= 0.3 is 6.03 Å². The topological polar surface area (TPSA) is 71.1 Å². The Morgan fingerprint density at radius 3 is 2.57 bits per heavy atom. The summed E-state index contributed by atoms with van der Waals surface area (Å²) in [7, 11) is 3.32. The van der Waals surface area contributed by atoms with Crippen LogP contribution in [0.4, 0.5) is 4.79 Å².